The molecule has 3 fully saturated rings. The van der Waals surface area contributed by atoms with Gasteiger partial charge >= 0.3 is 0 Å². The molecule has 1 N–H and O–H groups in total. The quantitative estimate of drug-likeness (QED) is 0.858. The van der Waals surface area contributed by atoms with Gasteiger partial charge in [0.2, 0.25) is 10.0 Å². The summed E-state index contributed by atoms with van der Waals surface area (Å²) >= 11 is 0. The highest BCUT2D eigenvalue weighted by atomic mass is 32.2. The molecule has 2 aliphatic carbocycles. The van der Waals surface area contributed by atoms with Gasteiger partial charge in [-0.1, -0.05) is 19.3 Å². The Hall–Kier alpha value is -0.130. The number of hydrogen-bond donors (Lipinski definition) is 1. The second-order valence-corrected chi connectivity index (χ2v) is 8.68. The topological polar surface area (TPSA) is 57.6 Å². The van der Waals surface area contributed by atoms with Crippen LogP contribution < -0.4 is 0 Å². The molecule has 1 heterocycles. The van der Waals surface area contributed by atoms with E-state index in [1.165, 1.54) is 19.3 Å². The smallest absolute Gasteiger partial charge is 0.214 e. The Labute approximate surface area is 116 Å². The van der Waals surface area contributed by atoms with Gasteiger partial charge < -0.3 is 5.11 Å². The summed E-state index contributed by atoms with van der Waals surface area (Å²) < 4.78 is 26.6. The van der Waals surface area contributed by atoms with Crippen LogP contribution in [0.15, 0.2) is 0 Å². The highest BCUT2D eigenvalue weighted by Crippen LogP contribution is 2.39. The lowest BCUT2D eigenvalue weighted by Gasteiger charge is -2.25. The van der Waals surface area contributed by atoms with E-state index < -0.39 is 10.0 Å². The van der Waals surface area contributed by atoms with Gasteiger partial charge in [0.15, 0.2) is 0 Å². The number of nitrogens with zero attached hydrogens (tertiary/aromatic N) is 1. The predicted molar refractivity (Wildman–Crippen MR) is 74.2 cm³/mol. The number of hydrogen-bond acceptors (Lipinski definition) is 3. The van der Waals surface area contributed by atoms with Crippen LogP contribution in [0, 0.1) is 17.8 Å². The maximum absolute atomic E-state index is 12.5. The first-order chi connectivity index (χ1) is 9.06. The molecule has 19 heavy (non-hydrogen) atoms. The number of sulfonamides is 1. The molecule has 0 aromatic rings. The summed E-state index contributed by atoms with van der Waals surface area (Å²) in [4.78, 5) is 0. The molecule has 1 aliphatic heterocycles. The number of fused-ring (bicyclic) bond motifs is 1. The molecule has 3 unspecified atom stereocenters. The molecule has 3 aliphatic rings. The van der Waals surface area contributed by atoms with Crippen LogP contribution >= 0.6 is 0 Å². The van der Waals surface area contributed by atoms with Crippen molar-refractivity contribution in [2.75, 3.05) is 18.8 Å². The van der Waals surface area contributed by atoms with Crippen molar-refractivity contribution < 1.29 is 13.5 Å². The van der Waals surface area contributed by atoms with E-state index in [1.807, 2.05) is 0 Å². The fraction of sp³-hybridized carbons (Fsp3) is 1.00. The molecular formula is C14H25NO3S. The molecule has 2 saturated carbocycles. The lowest BCUT2D eigenvalue weighted by atomic mass is 9.91. The van der Waals surface area contributed by atoms with Crippen LogP contribution in [-0.4, -0.2) is 42.8 Å². The van der Waals surface area contributed by atoms with E-state index in [0.29, 0.717) is 30.7 Å². The van der Waals surface area contributed by atoms with E-state index in [1.54, 1.807) is 4.31 Å². The zero-order valence-corrected chi connectivity index (χ0v) is 12.3. The van der Waals surface area contributed by atoms with Crippen molar-refractivity contribution in [1.29, 1.82) is 0 Å². The van der Waals surface area contributed by atoms with Gasteiger partial charge in [0, 0.05) is 19.0 Å². The highest BCUT2D eigenvalue weighted by molar-refractivity contribution is 7.89. The van der Waals surface area contributed by atoms with Gasteiger partial charge in [-0.2, -0.15) is 0 Å². The summed E-state index contributed by atoms with van der Waals surface area (Å²) in [7, 11) is -3.10. The van der Waals surface area contributed by atoms with Crippen LogP contribution in [0.5, 0.6) is 0 Å². The molecule has 3 rings (SSSR count). The van der Waals surface area contributed by atoms with Crippen molar-refractivity contribution >= 4 is 10.0 Å². The van der Waals surface area contributed by atoms with E-state index in [2.05, 4.69) is 0 Å². The Morgan fingerprint density at radius 3 is 2.42 bits per heavy atom. The van der Waals surface area contributed by atoms with Gasteiger partial charge in [-0.15, -0.1) is 0 Å². The first-order valence-corrected chi connectivity index (χ1v) is 9.33. The molecule has 3 atom stereocenters. The van der Waals surface area contributed by atoms with Gasteiger partial charge in [-0.3, -0.25) is 0 Å². The molecule has 0 amide bonds. The van der Waals surface area contributed by atoms with E-state index in [-0.39, 0.29) is 12.0 Å². The molecule has 0 radical (unpaired) electrons. The summed E-state index contributed by atoms with van der Waals surface area (Å²) in [5.41, 5.74) is 0. The lowest BCUT2D eigenvalue weighted by Crippen LogP contribution is -2.35. The summed E-state index contributed by atoms with van der Waals surface area (Å²) in [6, 6.07) is 0. The van der Waals surface area contributed by atoms with Gasteiger partial charge in [0.05, 0.1) is 11.9 Å². The van der Waals surface area contributed by atoms with Crippen molar-refractivity contribution in [3.63, 3.8) is 0 Å². The Balaban J connectivity index is 1.61. The SMILES string of the molecule is O=S(=O)(CC1CCCCC1)N1CC2CCC(O)C2C1. The molecule has 5 heteroatoms. The fourth-order valence-corrected chi connectivity index (χ4v) is 6.14. The summed E-state index contributed by atoms with van der Waals surface area (Å²) in [5, 5.41) is 9.88. The second-order valence-electron chi connectivity index (χ2n) is 6.67. The van der Waals surface area contributed by atoms with Crippen molar-refractivity contribution in [2.24, 2.45) is 17.8 Å². The Morgan fingerprint density at radius 1 is 1.00 bits per heavy atom. The normalized spacial score (nSPS) is 37.6. The second kappa shape index (κ2) is 5.34. The summed E-state index contributed by atoms with van der Waals surface area (Å²) in [6.45, 7) is 1.21. The molecule has 0 spiro atoms. The van der Waals surface area contributed by atoms with Crippen LogP contribution in [0.1, 0.15) is 44.9 Å². The molecule has 0 aromatic carbocycles. The third-order valence-electron chi connectivity index (χ3n) is 5.35. The number of rotatable bonds is 3. The average molecular weight is 287 g/mol. The van der Waals surface area contributed by atoms with Gasteiger partial charge in [0.1, 0.15) is 0 Å². The third-order valence-corrected chi connectivity index (χ3v) is 7.33. The minimum Gasteiger partial charge on any atom is -0.393 e. The monoisotopic (exact) mass is 287 g/mol. The third kappa shape index (κ3) is 2.83. The van der Waals surface area contributed by atoms with Crippen molar-refractivity contribution in [3.05, 3.63) is 0 Å². The largest absolute Gasteiger partial charge is 0.393 e. The molecule has 0 bridgehead atoms. The maximum atomic E-state index is 12.5. The van der Waals surface area contributed by atoms with Crippen LogP contribution in [0.3, 0.4) is 0 Å². The van der Waals surface area contributed by atoms with Crippen LogP contribution in [0.4, 0.5) is 0 Å². The molecule has 110 valence electrons. The zero-order chi connectivity index (χ0) is 13.5. The highest BCUT2D eigenvalue weighted by Gasteiger charge is 2.45. The minimum atomic E-state index is -3.10. The summed E-state index contributed by atoms with van der Waals surface area (Å²) in [6.07, 6.45) is 7.34. The standard InChI is InChI=1S/C14H25NO3S/c16-14-7-6-12-8-15(9-13(12)14)19(17,18)10-11-4-2-1-3-5-11/h11-14,16H,1-10H2. The van der Waals surface area contributed by atoms with E-state index in [9.17, 15) is 13.5 Å². The lowest BCUT2D eigenvalue weighted by molar-refractivity contribution is 0.129. The summed E-state index contributed by atoms with van der Waals surface area (Å²) in [5.74, 6) is 1.30. The Bertz CT molecular complexity index is 416. The number of aliphatic hydroxyl groups excluding tert-OH is 1. The molecular weight excluding hydrogens is 262 g/mol. The van der Waals surface area contributed by atoms with Crippen molar-refractivity contribution in [1.82, 2.24) is 4.31 Å². The van der Waals surface area contributed by atoms with Gasteiger partial charge in [-0.25, -0.2) is 12.7 Å². The zero-order valence-electron chi connectivity index (χ0n) is 11.5. The predicted octanol–water partition coefficient (Wildman–Crippen LogP) is 1.60. The first kappa shape index (κ1) is 13.8. The minimum absolute atomic E-state index is 0.195. The average Bonchev–Trinajstić information content (AvgIpc) is 2.93. The van der Waals surface area contributed by atoms with E-state index in [0.717, 1.165) is 25.7 Å². The van der Waals surface area contributed by atoms with Crippen molar-refractivity contribution in [3.8, 4) is 0 Å². The molecule has 4 nitrogen and oxygen atoms in total. The van der Waals surface area contributed by atoms with E-state index >= 15 is 0 Å². The maximum Gasteiger partial charge on any atom is 0.214 e. The van der Waals surface area contributed by atoms with Gasteiger partial charge in [-0.05, 0) is 37.5 Å². The molecule has 1 saturated heterocycles. The van der Waals surface area contributed by atoms with Gasteiger partial charge in [0.25, 0.3) is 0 Å². The number of aliphatic hydroxyl groups is 1. The van der Waals surface area contributed by atoms with Crippen molar-refractivity contribution in [2.45, 2.75) is 51.0 Å². The Morgan fingerprint density at radius 2 is 1.74 bits per heavy atom. The van der Waals surface area contributed by atoms with Crippen LogP contribution in [-0.2, 0) is 10.0 Å². The fourth-order valence-electron chi connectivity index (χ4n) is 4.18. The van der Waals surface area contributed by atoms with E-state index in [4.69, 9.17) is 0 Å². The molecule has 0 aromatic heterocycles. The Kier molecular flexibility index (Phi) is 3.89. The van der Waals surface area contributed by atoms with Crippen LogP contribution in [0.25, 0.3) is 0 Å². The van der Waals surface area contributed by atoms with Crippen LogP contribution in [0.2, 0.25) is 0 Å². The first-order valence-electron chi connectivity index (χ1n) is 7.72.